The number of hydrogen-bond donors (Lipinski definition) is 0. The van der Waals surface area contributed by atoms with Gasteiger partial charge in [0.15, 0.2) is 0 Å². The number of fused-ring (bicyclic) bond motifs is 1. The van der Waals surface area contributed by atoms with Crippen molar-refractivity contribution in [2.24, 2.45) is 5.92 Å². The van der Waals surface area contributed by atoms with Crippen molar-refractivity contribution in [2.75, 3.05) is 5.88 Å². The van der Waals surface area contributed by atoms with Gasteiger partial charge in [-0.15, -0.1) is 11.6 Å². The van der Waals surface area contributed by atoms with E-state index in [2.05, 4.69) is 65.0 Å². The summed E-state index contributed by atoms with van der Waals surface area (Å²) in [7, 11) is 0. The Morgan fingerprint density at radius 2 is 1.60 bits per heavy atom. The first-order chi connectivity index (χ1) is 9.45. The van der Waals surface area contributed by atoms with Gasteiger partial charge in [-0.25, -0.2) is 0 Å². The van der Waals surface area contributed by atoms with Crippen molar-refractivity contribution in [2.45, 2.75) is 34.6 Å². The zero-order chi connectivity index (χ0) is 14.9. The van der Waals surface area contributed by atoms with Crippen molar-refractivity contribution in [3.8, 4) is 0 Å². The number of halogens is 1. The van der Waals surface area contributed by atoms with Crippen LogP contribution in [0.3, 0.4) is 0 Å². The highest BCUT2D eigenvalue weighted by Gasteiger charge is 2.20. The number of hydrogen-bond acceptors (Lipinski definition) is 0. The Kier molecular flexibility index (Phi) is 4.55. The molecule has 0 fully saturated rings. The third-order valence-electron chi connectivity index (χ3n) is 4.16. The lowest BCUT2D eigenvalue weighted by molar-refractivity contribution is 0.791. The summed E-state index contributed by atoms with van der Waals surface area (Å²) in [5.74, 6) is 1.06. The van der Waals surface area contributed by atoms with E-state index in [9.17, 15) is 0 Å². The lowest BCUT2D eigenvalue weighted by Crippen LogP contribution is -2.01. The maximum absolute atomic E-state index is 6.20. The largest absolute Gasteiger partial charge is 0.122 e. The second kappa shape index (κ2) is 6.01. The summed E-state index contributed by atoms with van der Waals surface area (Å²) >= 11 is 6.20. The molecule has 0 saturated carbocycles. The van der Waals surface area contributed by atoms with Gasteiger partial charge in [-0.1, -0.05) is 44.2 Å². The van der Waals surface area contributed by atoms with Gasteiger partial charge in [0.2, 0.25) is 0 Å². The highest BCUT2D eigenvalue weighted by Crippen LogP contribution is 2.37. The molecule has 0 amide bonds. The molecule has 2 rings (SSSR count). The topological polar surface area (TPSA) is 0 Å². The van der Waals surface area contributed by atoms with E-state index in [0.29, 0.717) is 11.8 Å². The summed E-state index contributed by atoms with van der Waals surface area (Å²) in [4.78, 5) is 0. The lowest BCUT2D eigenvalue weighted by atomic mass is 9.88. The third-order valence-corrected chi connectivity index (χ3v) is 4.45. The first-order valence-electron chi connectivity index (χ1n) is 7.21. The molecule has 0 spiro atoms. The molecule has 0 nitrogen and oxygen atoms in total. The average Bonchev–Trinajstić information content (AvgIpc) is 2.64. The summed E-state index contributed by atoms with van der Waals surface area (Å²) in [5, 5.41) is 0. The molecule has 0 aromatic carbocycles. The maximum Gasteiger partial charge on any atom is 0.0480 e. The summed E-state index contributed by atoms with van der Waals surface area (Å²) in [6.07, 6.45) is 11.1. The molecule has 2 aliphatic rings. The van der Waals surface area contributed by atoms with Crippen LogP contribution in [0.1, 0.15) is 34.6 Å². The van der Waals surface area contributed by atoms with Gasteiger partial charge in [-0.05, 0) is 65.7 Å². The molecule has 0 heterocycles. The highest BCUT2D eigenvalue weighted by atomic mass is 35.5. The van der Waals surface area contributed by atoms with Crippen LogP contribution in [0, 0.1) is 5.92 Å². The molecule has 0 saturated heterocycles. The van der Waals surface area contributed by atoms with Crippen LogP contribution >= 0.6 is 11.6 Å². The van der Waals surface area contributed by atoms with Crippen molar-refractivity contribution >= 4 is 11.6 Å². The minimum atomic E-state index is 0.514. The Bertz CT molecular complexity index is 602. The van der Waals surface area contributed by atoms with Crippen LogP contribution in [0.2, 0.25) is 0 Å². The van der Waals surface area contributed by atoms with E-state index >= 15 is 0 Å². The van der Waals surface area contributed by atoms with E-state index < -0.39 is 0 Å². The molecule has 0 bridgehead atoms. The first kappa shape index (κ1) is 15.1. The minimum absolute atomic E-state index is 0.514. The van der Waals surface area contributed by atoms with Gasteiger partial charge in [0.1, 0.15) is 0 Å². The number of allylic oxidation sites excluding steroid dienone is 12. The standard InChI is InChI=1S/C19H23Cl/c1-12(2)16-8-7-14(4)19-15(5)13(3)6-9-17(11-20)18(19)10-16/h6-10,12H,11H2,1-5H3. The van der Waals surface area contributed by atoms with Crippen LogP contribution in [-0.4, -0.2) is 5.88 Å². The van der Waals surface area contributed by atoms with Crippen LogP contribution in [-0.2, 0) is 0 Å². The molecule has 2 aliphatic carbocycles. The molecule has 20 heavy (non-hydrogen) atoms. The van der Waals surface area contributed by atoms with E-state index in [4.69, 9.17) is 11.6 Å². The minimum Gasteiger partial charge on any atom is -0.122 e. The smallest absolute Gasteiger partial charge is 0.0480 e. The fraction of sp³-hybridized carbons (Fsp3) is 0.368. The highest BCUT2D eigenvalue weighted by molar-refractivity contribution is 6.20. The predicted molar refractivity (Wildman–Crippen MR) is 90.0 cm³/mol. The second-order valence-electron chi connectivity index (χ2n) is 5.90. The van der Waals surface area contributed by atoms with Crippen molar-refractivity contribution in [1.82, 2.24) is 0 Å². The Morgan fingerprint density at radius 3 is 2.20 bits per heavy atom. The maximum atomic E-state index is 6.20. The van der Waals surface area contributed by atoms with E-state index in [1.807, 2.05) is 0 Å². The molecule has 1 heteroatoms. The van der Waals surface area contributed by atoms with Crippen LogP contribution < -0.4 is 0 Å². The fourth-order valence-corrected chi connectivity index (χ4v) is 2.90. The molecular weight excluding hydrogens is 264 g/mol. The van der Waals surface area contributed by atoms with Gasteiger partial charge in [-0.2, -0.15) is 0 Å². The van der Waals surface area contributed by atoms with Crippen molar-refractivity contribution < 1.29 is 0 Å². The number of alkyl halides is 1. The van der Waals surface area contributed by atoms with E-state index in [1.165, 1.54) is 39.0 Å². The van der Waals surface area contributed by atoms with Gasteiger partial charge in [0, 0.05) is 5.88 Å². The van der Waals surface area contributed by atoms with E-state index in [-0.39, 0.29) is 0 Å². The van der Waals surface area contributed by atoms with Gasteiger partial charge >= 0.3 is 0 Å². The second-order valence-corrected chi connectivity index (χ2v) is 6.17. The molecule has 0 radical (unpaired) electrons. The Labute approximate surface area is 127 Å². The Balaban J connectivity index is 2.73. The Hall–Kier alpha value is -1.27. The molecular formula is C19H23Cl. The average molecular weight is 287 g/mol. The normalized spacial score (nSPS) is 19.4. The van der Waals surface area contributed by atoms with Crippen molar-refractivity contribution in [3.05, 3.63) is 69.4 Å². The van der Waals surface area contributed by atoms with Gasteiger partial charge < -0.3 is 0 Å². The monoisotopic (exact) mass is 286 g/mol. The van der Waals surface area contributed by atoms with E-state index in [1.54, 1.807) is 0 Å². The molecule has 0 aromatic rings. The zero-order valence-electron chi connectivity index (χ0n) is 13.0. The van der Waals surface area contributed by atoms with Crippen molar-refractivity contribution in [3.63, 3.8) is 0 Å². The molecule has 0 N–H and O–H groups in total. The molecule has 0 aromatic heterocycles. The molecule has 0 unspecified atom stereocenters. The van der Waals surface area contributed by atoms with Crippen LogP contribution in [0.25, 0.3) is 0 Å². The van der Waals surface area contributed by atoms with Crippen LogP contribution in [0.4, 0.5) is 0 Å². The van der Waals surface area contributed by atoms with Gasteiger partial charge in [0.25, 0.3) is 0 Å². The quantitative estimate of drug-likeness (QED) is 0.555. The SMILES string of the molecule is CC1=CC=C(CCl)C2=CC(C(C)C)=CC=C(C)C2=C1C. The fourth-order valence-electron chi connectivity index (χ4n) is 2.67. The zero-order valence-corrected chi connectivity index (χ0v) is 13.8. The van der Waals surface area contributed by atoms with Crippen LogP contribution in [0.5, 0.6) is 0 Å². The summed E-state index contributed by atoms with van der Waals surface area (Å²) in [5.41, 5.74) is 9.17. The summed E-state index contributed by atoms with van der Waals surface area (Å²) < 4.78 is 0. The summed E-state index contributed by atoms with van der Waals surface area (Å²) in [6.45, 7) is 11.0. The summed E-state index contributed by atoms with van der Waals surface area (Å²) in [6, 6.07) is 0. The van der Waals surface area contributed by atoms with Gasteiger partial charge in [0.05, 0.1) is 0 Å². The molecule has 106 valence electrons. The van der Waals surface area contributed by atoms with Crippen LogP contribution in [0.15, 0.2) is 69.4 Å². The molecule has 0 aliphatic heterocycles. The lowest BCUT2D eigenvalue weighted by Gasteiger charge is -2.17. The third kappa shape index (κ3) is 2.76. The predicted octanol–water partition coefficient (Wildman–Crippen LogP) is 5.90. The number of rotatable bonds is 2. The first-order valence-corrected chi connectivity index (χ1v) is 7.75. The van der Waals surface area contributed by atoms with Gasteiger partial charge in [-0.3, -0.25) is 0 Å². The Morgan fingerprint density at radius 1 is 0.950 bits per heavy atom. The van der Waals surface area contributed by atoms with Crippen molar-refractivity contribution in [1.29, 1.82) is 0 Å². The van der Waals surface area contributed by atoms with E-state index in [0.717, 1.165) is 0 Å². The molecule has 0 atom stereocenters.